The van der Waals surface area contributed by atoms with Gasteiger partial charge in [0, 0.05) is 11.9 Å². The van der Waals surface area contributed by atoms with E-state index in [9.17, 15) is 17.2 Å². The predicted molar refractivity (Wildman–Crippen MR) is 63.9 cm³/mol. The first-order valence-corrected chi connectivity index (χ1v) is 7.39. The van der Waals surface area contributed by atoms with Crippen LogP contribution in [0.5, 0.6) is 0 Å². The maximum absolute atomic E-state index is 13.3. The van der Waals surface area contributed by atoms with Gasteiger partial charge in [-0.05, 0) is 37.0 Å². The van der Waals surface area contributed by atoms with E-state index in [1.807, 2.05) is 0 Å². The first kappa shape index (κ1) is 13.7. The number of sulfonamides is 1. The lowest BCUT2D eigenvalue weighted by molar-refractivity contribution is 0.323. The molecule has 7 heteroatoms. The molecule has 0 bridgehead atoms. The molecule has 0 atom stereocenters. The monoisotopic (exact) mass is 295 g/mol. The van der Waals surface area contributed by atoms with Crippen LogP contribution < -0.4 is 4.72 Å². The van der Waals surface area contributed by atoms with Gasteiger partial charge in [-0.1, -0.05) is 0 Å². The van der Waals surface area contributed by atoms with Crippen LogP contribution in [-0.2, 0) is 10.0 Å². The number of hydrogen-bond donors (Lipinski definition) is 1. The highest BCUT2D eigenvalue weighted by atomic mass is 35.5. The lowest BCUT2D eigenvalue weighted by atomic mass is 9.85. The summed E-state index contributed by atoms with van der Waals surface area (Å²) >= 11 is 5.77. The highest BCUT2D eigenvalue weighted by Crippen LogP contribution is 2.31. The van der Waals surface area contributed by atoms with E-state index in [2.05, 4.69) is 4.72 Å². The zero-order chi connectivity index (χ0) is 13.3. The largest absolute Gasteiger partial charge is 0.243 e. The Morgan fingerprint density at radius 1 is 1.33 bits per heavy atom. The maximum Gasteiger partial charge on any atom is 0.243 e. The Morgan fingerprint density at radius 3 is 2.61 bits per heavy atom. The standard InChI is InChI=1S/C11H12ClF2NO2S/c12-8-3-7(4-8)6-15-18(16,17)11-5-9(13)1-2-10(11)14/h1-2,5,7-8,15H,3-4,6H2. The second kappa shape index (κ2) is 5.11. The number of rotatable bonds is 4. The average Bonchev–Trinajstić information content (AvgIpc) is 2.26. The lowest BCUT2D eigenvalue weighted by Gasteiger charge is -2.30. The first-order valence-electron chi connectivity index (χ1n) is 5.47. The quantitative estimate of drug-likeness (QED) is 0.866. The van der Waals surface area contributed by atoms with Crippen LogP contribution in [0.3, 0.4) is 0 Å². The summed E-state index contributed by atoms with van der Waals surface area (Å²) in [6, 6.07) is 2.34. The van der Waals surface area contributed by atoms with Crippen LogP contribution in [0.2, 0.25) is 0 Å². The van der Waals surface area contributed by atoms with E-state index in [1.54, 1.807) is 0 Å². The molecule has 0 unspecified atom stereocenters. The summed E-state index contributed by atoms with van der Waals surface area (Å²) in [4.78, 5) is -0.663. The fourth-order valence-corrected chi connectivity index (χ4v) is 3.52. The molecule has 1 aromatic rings. The first-order chi connectivity index (χ1) is 8.38. The van der Waals surface area contributed by atoms with Crippen molar-refractivity contribution in [1.29, 1.82) is 0 Å². The van der Waals surface area contributed by atoms with Gasteiger partial charge in [-0.25, -0.2) is 21.9 Å². The molecule has 1 aliphatic rings. The molecule has 0 aromatic heterocycles. The van der Waals surface area contributed by atoms with Gasteiger partial charge in [0.25, 0.3) is 0 Å². The summed E-state index contributed by atoms with van der Waals surface area (Å²) in [6.45, 7) is 0.196. The van der Waals surface area contributed by atoms with Crippen molar-refractivity contribution in [2.75, 3.05) is 6.54 Å². The minimum absolute atomic E-state index is 0.0883. The Labute approximate surface area is 109 Å². The van der Waals surface area contributed by atoms with Crippen LogP contribution >= 0.6 is 11.6 Å². The van der Waals surface area contributed by atoms with Gasteiger partial charge in [0.1, 0.15) is 16.5 Å². The summed E-state index contributed by atoms with van der Waals surface area (Å²) in [5.74, 6) is -1.59. The second-order valence-corrected chi connectivity index (χ2v) is 6.71. The lowest BCUT2D eigenvalue weighted by Crippen LogP contribution is -2.36. The Hall–Kier alpha value is -0.720. The molecule has 1 N–H and O–H groups in total. The molecule has 1 fully saturated rings. The van der Waals surface area contributed by atoms with Gasteiger partial charge in [-0.2, -0.15) is 0 Å². The fraction of sp³-hybridized carbons (Fsp3) is 0.455. The van der Waals surface area contributed by atoms with Crippen LogP contribution in [0, 0.1) is 17.6 Å². The molecule has 0 aliphatic heterocycles. The Balaban J connectivity index is 2.08. The third-order valence-electron chi connectivity index (χ3n) is 2.92. The maximum atomic E-state index is 13.3. The molecule has 1 saturated carbocycles. The fourth-order valence-electron chi connectivity index (χ4n) is 1.81. The third-order valence-corrected chi connectivity index (χ3v) is 4.72. The Kier molecular flexibility index (Phi) is 3.89. The second-order valence-electron chi connectivity index (χ2n) is 4.36. The molecular weight excluding hydrogens is 284 g/mol. The van der Waals surface area contributed by atoms with Crippen molar-refractivity contribution in [1.82, 2.24) is 4.72 Å². The molecule has 1 aromatic carbocycles. The van der Waals surface area contributed by atoms with Gasteiger partial charge in [-0.3, -0.25) is 0 Å². The van der Waals surface area contributed by atoms with Gasteiger partial charge in [0.05, 0.1) is 0 Å². The van der Waals surface area contributed by atoms with Crippen LogP contribution in [-0.4, -0.2) is 20.3 Å². The van der Waals surface area contributed by atoms with Crippen molar-refractivity contribution < 1.29 is 17.2 Å². The summed E-state index contributed by atoms with van der Waals surface area (Å²) < 4.78 is 52.1. The van der Waals surface area contributed by atoms with Crippen LogP contribution in [0.1, 0.15) is 12.8 Å². The van der Waals surface area contributed by atoms with Crippen molar-refractivity contribution >= 4 is 21.6 Å². The summed E-state index contributed by atoms with van der Waals surface area (Å²) in [6.07, 6.45) is 1.46. The molecule has 18 heavy (non-hydrogen) atoms. The van der Waals surface area contributed by atoms with Crippen molar-refractivity contribution in [3.8, 4) is 0 Å². The van der Waals surface area contributed by atoms with Crippen molar-refractivity contribution in [2.45, 2.75) is 23.1 Å². The number of benzene rings is 1. The smallest absolute Gasteiger partial charge is 0.211 e. The van der Waals surface area contributed by atoms with Crippen LogP contribution in [0.4, 0.5) is 8.78 Å². The summed E-state index contributed by atoms with van der Waals surface area (Å²) in [7, 11) is -4.01. The van der Waals surface area contributed by atoms with E-state index in [-0.39, 0.29) is 17.8 Å². The van der Waals surface area contributed by atoms with E-state index in [1.165, 1.54) is 0 Å². The normalized spacial score (nSPS) is 23.7. The van der Waals surface area contributed by atoms with E-state index in [0.29, 0.717) is 6.07 Å². The van der Waals surface area contributed by atoms with E-state index in [4.69, 9.17) is 11.6 Å². The zero-order valence-corrected chi connectivity index (χ0v) is 10.9. The van der Waals surface area contributed by atoms with Gasteiger partial charge >= 0.3 is 0 Å². The van der Waals surface area contributed by atoms with Gasteiger partial charge in [0.2, 0.25) is 10.0 Å². The Morgan fingerprint density at radius 2 is 2.00 bits per heavy atom. The molecule has 100 valence electrons. The molecule has 0 spiro atoms. The molecule has 0 radical (unpaired) electrons. The van der Waals surface area contributed by atoms with E-state index in [0.717, 1.165) is 25.0 Å². The summed E-state index contributed by atoms with van der Waals surface area (Å²) in [5.41, 5.74) is 0. The predicted octanol–water partition coefficient (Wildman–Crippen LogP) is 2.26. The van der Waals surface area contributed by atoms with Crippen molar-refractivity contribution in [3.63, 3.8) is 0 Å². The topological polar surface area (TPSA) is 46.2 Å². The zero-order valence-electron chi connectivity index (χ0n) is 9.37. The van der Waals surface area contributed by atoms with Crippen LogP contribution in [0.25, 0.3) is 0 Å². The van der Waals surface area contributed by atoms with E-state index < -0.39 is 26.6 Å². The van der Waals surface area contributed by atoms with Crippen molar-refractivity contribution in [2.24, 2.45) is 5.92 Å². The van der Waals surface area contributed by atoms with Gasteiger partial charge in [-0.15, -0.1) is 11.6 Å². The number of nitrogens with one attached hydrogen (secondary N) is 1. The minimum atomic E-state index is -4.01. The Bertz CT molecular complexity index is 544. The number of halogens is 3. The SMILES string of the molecule is O=S(=O)(NCC1CC(Cl)C1)c1cc(F)ccc1F. The molecular formula is C11H12ClF2NO2S. The van der Waals surface area contributed by atoms with Crippen LogP contribution in [0.15, 0.2) is 23.1 Å². The number of hydrogen-bond acceptors (Lipinski definition) is 2. The highest BCUT2D eigenvalue weighted by molar-refractivity contribution is 7.89. The molecule has 0 saturated heterocycles. The number of alkyl halides is 1. The molecule has 3 nitrogen and oxygen atoms in total. The molecule has 0 amide bonds. The molecule has 1 aliphatic carbocycles. The molecule has 2 rings (SSSR count). The third kappa shape index (κ3) is 2.99. The highest BCUT2D eigenvalue weighted by Gasteiger charge is 2.29. The molecule has 0 heterocycles. The average molecular weight is 296 g/mol. The van der Waals surface area contributed by atoms with E-state index >= 15 is 0 Å². The van der Waals surface area contributed by atoms with Gasteiger partial charge in [0.15, 0.2) is 0 Å². The van der Waals surface area contributed by atoms with Gasteiger partial charge < -0.3 is 0 Å². The minimum Gasteiger partial charge on any atom is -0.211 e. The van der Waals surface area contributed by atoms with Crippen molar-refractivity contribution in [3.05, 3.63) is 29.8 Å². The summed E-state index contributed by atoms with van der Waals surface area (Å²) in [5, 5.41) is 0.0883.